The van der Waals surface area contributed by atoms with Crippen LogP contribution in [-0.4, -0.2) is 48.2 Å². The summed E-state index contributed by atoms with van der Waals surface area (Å²) in [7, 11) is 3.01. The first-order valence-corrected chi connectivity index (χ1v) is 7.30. The third kappa shape index (κ3) is 9.62. The van der Waals surface area contributed by atoms with Crippen molar-refractivity contribution >= 4 is 5.91 Å². The molecule has 0 saturated heterocycles. The van der Waals surface area contributed by atoms with Gasteiger partial charge in [0, 0.05) is 12.6 Å². The second-order valence-corrected chi connectivity index (χ2v) is 4.39. The van der Waals surface area contributed by atoms with Crippen molar-refractivity contribution in [3.8, 4) is 0 Å². The number of likely N-dealkylation sites (N-methyl/N-ethyl adjacent to an activating group) is 1. The van der Waals surface area contributed by atoms with Gasteiger partial charge in [0.1, 0.15) is 0 Å². The lowest BCUT2D eigenvalue weighted by atomic mass is 10.1. The molecule has 0 fully saturated rings. The normalized spacial score (nSPS) is 12.6. The van der Waals surface area contributed by atoms with Gasteiger partial charge in [-0.05, 0) is 19.9 Å². The van der Waals surface area contributed by atoms with E-state index in [0.29, 0.717) is 5.57 Å². The van der Waals surface area contributed by atoms with Crippen LogP contribution in [0.15, 0.2) is 36.5 Å². The number of halogens is 6. The molecule has 4 nitrogen and oxygen atoms in total. The van der Waals surface area contributed by atoms with Gasteiger partial charge in [0.25, 0.3) is 11.5 Å². The minimum atomic E-state index is -5.69. The number of alkyl halides is 6. The predicted octanol–water partition coefficient (Wildman–Crippen LogP) is 4.58. The molecule has 0 spiro atoms. The largest absolute Gasteiger partial charge is 0.425 e. The van der Waals surface area contributed by atoms with Crippen molar-refractivity contribution < 1.29 is 41.1 Å². The van der Waals surface area contributed by atoms with Gasteiger partial charge in [0.2, 0.25) is 0 Å². The molecule has 1 amide bonds. The minimum absolute atomic E-state index is 0.178. The van der Waals surface area contributed by atoms with Crippen molar-refractivity contribution in [2.24, 2.45) is 0 Å². The average molecular weight is 393 g/mol. The topological polar surface area (TPSA) is 49.8 Å². The van der Waals surface area contributed by atoms with Gasteiger partial charge >= 0.3 is 12.4 Å². The zero-order chi connectivity index (χ0) is 21.8. The van der Waals surface area contributed by atoms with E-state index in [-0.39, 0.29) is 12.8 Å². The van der Waals surface area contributed by atoms with Crippen LogP contribution in [0.1, 0.15) is 27.7 Å². The Morgan fingerprint density at radius 3 is 1.69 bits per heavy atom. The zero-order valence-electron chi connectivity index (χ0n) is 15.5. The predicted molar refractivity (Wildman–Crippen MR) is 87.0 cm³/mol. The van der Waals surface area contributed by atoms with E-state index in [4.69, 9.17) is 9.94 Å². The van der Waals surface area contributed by atoms with E-state index in [2.05, 4.69) is 6.58 Å². The van der Waals surface area contributed by atoms with Crippen LogP contribution in [0.3, 0.4) is 0 Å². The summed E-state index contributed by atoms with van der Waals surface area (Å²) in [6.45, 7) is 8.98. The van der Waals surface area contributed by atoms with Crippen LogP contribution in [0.2, 0.25) is 0 Å². The number of hydrogen-bond donors (Lipinski definition) is 1. The first-order valence-electron chi connectivity index (χ1n) is 7.30. The molecule has 0 aromatic heterocycles. The van der Waals surface area contributed by atoms with Crippen molar-refractivity contribution in [1.29, 1.82) is 0 Å². The molecule has 0 aromatic carbocycles. The molecule has 0 rings (SSSR count). The maximum absolute atomic E-state index is 11.5. The summed E-state index contributed by atoms with van der Waals surface area (Å²) in [5, 5.41) is 9.11. The number of rotatable bonds is 4. The summed E-state index contributed by atoms with van der Waals surface area (Å²) >= 11 is 0. The number of hydrogen-bond acceptors (Lipinski definition) is 3. The van der Waals surface area contributed by atoms with Crippen LogP contribution in [0.25, 0.3) is 0 Å². The SMILES string of the molecule is C=C/C=C\C(=C/C)C(=O)N(C)OC.CC.CC(O)(C(F)(F)F)C(F)(F)F. The Morgan fingerprint density at radius 2 is 1.50 bits per heavy atom. The Hall–Kier alpha value is -1.81. The van der Waals surface area contributed by atoms with Gasteiger partial charge in [0.15, 0.2) is 0 Å². The van der Waals surface area contributed by atoms with Gasteiger partial charge in [-0.1, -0.05) is 38.7 Å². The Bertz CT molecular complexity index is 463. The number of nitrogens with zero attached hydrogens (tertiary/aromatic N) is 1. The lowest BCUT2D eigenvalue weighted by Gasteiger charge is -2.28. The van der Waals surface area contributed by atoms with Crippen LogP contribution in [0.4, 0.5) is 26.3 Å². The van der Waals surface area contributed by atoms with E-state index >= 15 is 0 Å². The molecule has 0 aliphatic rings. The highest BCUT2D eigenvalue weighted by molar-refractivity contribution is 5.95. The molecule has 26 heavy (non-hydrogen) atoms. The Labute approximate surface area is 149 Å². The molecular formula is C16H25F6NO3. The van der Waals surface area contributed by atoms with E-state index in [1.54, 1.807) is 38.3 Å². The third-order valence-electron chi connectivity index (χ3n) is 2.63. The molecule has 154 valence electrons. The smallest absolute Gasteiger partial charge is 0.374 e. The molecule has 0 atom stereocenters. The Balaban J connectivity index is -0.000000375. The van der Waals surface area contributed by atoms with Gasteiger partial charge in [-0.2, -0.15) is 26.3 Å². The molecule has 0 aromatic rings. The molecule has 1 N–H and O–H groups in total. The maximum Gasteiger partial charge on any atom is 0.425 e. The molecule has 0 aliphatic heterocycles. The summed E-state index contributed by atoms with van der Waals surface area (Å²) < 4.78 is 68.2. The molecule has 0 bridgehead atoms. The number of hydroxylamine groups is 2. The summed E-state index contributed by atoms with van der Waals surface area (Å²) in [6.07, 6.45) is -4.65. The lowest BCUT2D eigenvalue weighted by Crippen LogP contribution is -2.54. The van der Waals surface area contributed by atoms with Crippen molar-refractivity contribution in [2.75, 3.05) is 14.2 Å². The number of allylic oxidation sites excluding steroid dienone is 3. The second-order valence-electron chi connectivity index (χ2n) is 4.39. The fourth-order valence-electron chi connectivity index (χ4n) is 0.888. The number of aliphatic hydroxyl groups is 1. The van der Waals surface area contributed by atoms with Crippen molar-refractivity contribution in [3.05, 3.63) is 36.5 Å². The van der Waals surface area contributed by atoms with E-state index in [9.17, 15) is 31.1 Å². The summed E-state index contributed by atoms with van der Waals surface area (Å²) in [4.78, 5) is 16.2. The molecule has 0 unspecified atom stereocenters. The molecule has 0 saturated carbocycles. The highest BCUT2D eigenvalue weighted by atomic mass is 19.4. The quantitative estimate of drug-likeness (QED) is 0.329. The number of carbonyl (C=O) groups is 1. The number of carbonyl (C=O) groups excluding carboxylic acids is 1. The average Bonchev–Trinajstić information content (AvgIpc) is 2.55. The van der Waals surface area contributed by atoms with Crippen molar-refractivity contribution in [1.82, 2.24) is 5.06 Å². The van der Waals surface area contributed by atoms with Gasteiger partial charge in [0.05, 0.1) is 7.11 Å². The first-order chi connectivity index (χ1) is 11.7. The van der Waals surface area contributed by atoms with Crippen LogP contribution in [0, 0.1) is 0 Å². The summed E-state index contributed by atoms with van der Waals surface area (Å²) in [5.74, 6) is -0.178. The molecule has 0 aliphatic carbocycles. The highest BCUT2D eigenvalue weighted by Crippen LogP contribution is 2.42. The van der Waals surface area contributed by atoms with Crippen LogP contribution in [0.5, 0.6) is 0 Å². The third-order valence-corrected chi connectivity index (χ3v) is 2.63. The summed E-state index contributed by atoms with van der Waals surface area (Å²) in [5.41, 5.74) is -4.05. The molecule has 10 heteroatoms. The highest BCUT2D eigenvalue weighted by Gasteiger charge is 2.67. The van der Waals surface area contributed by atoms with Gasteiger partial charge < -0.3 is 5.11 Å². The fourth-order valence-corrected chi connectivity index (χ4v) is 0.888. The van der Waals surface area contributed by atoms with E-state index < -0.39 is 18.0 Å². The van der Waals surface area contributed by atoms with E-state index in [0.717, 1.165) is 0 Å². The van der Waals surface area contributed by atoms with Gasteiger partial charge in [-0.25, -0.2) is 5.06 Å². The monoisotopic (exact) mass is 393 g/mol. The van der Waals surface area contributed by atoms with Crippen LogP contribution < -0.4 is 0 Å². The van der Waals surface area contributed by atoms with E-state index in [1.807, 2.05) is 13.8 Å². The molecular weight excluding hydrogens is 368 g/mol. The van der Waals surface area contributed by atoms with Crippen LogP contribution in [-0.2, 0) is 9.63 Å². The van der Waals surface area contributed by atoms with Gasteiger partial charge in [-0.15, -0.1) is 0 Å². The first kappa shape index (κ1) is 29.0. The van der Waals surface area contributed by atoms with Gasteiger partial charge in [-0.3, -0.25) is 9.63 Å². The van der Waals surface area contributed by atoms with E-state index in [1.165, 1.54) is 12.2 Å². The minimum Gasteiger partial charge on any atom is -0.374 e. The second kappa shape index (κ2) is 12.5. The standard InChI is InChI=1S/C10H15NO2.C4H4F6O.C2H6/c1-5-7-8-9(6-2)10(12)11(3)13-4;1-2(11,3(5,6)7)4(8,9)10;1-2/h5-8H,1H2,2-4H3;11H,1H3;1-2H3/b8-7-,9-6+;;. The molecule has 0 radical (unpaired) electrons. The zero-order valence-corrected chi connectivity index (χ0v) is 15.5. The maximum atomic E-state index is 11.5. The molecule has 0 heterocycles. The lowest BCUT2D eigenvalue weighted by molar-refractivity contribution is -0.360. The fraction of sp³-hybridized carbons (Fsp3) is 0.562. The Kier molecular flexibility index (Phi) is 14.0. The van der Waals surface area contributed by atoms with Crippen LogP contribution >= 0.6 is 0 Å². The van der Waals surface area contributed by atoms with Crippen molar-refractivity contribution in [3.63, 3.8) is 0 Å². The summed E-state index contributed by atoms with van der Waals surface area (Å²) in [6, 6.07) is 0. The number of amides is 1. The van der Waals surface area contributed by atoms with Crippen molar-refractivity contribution in [2.45, 2.75) is 45.6 Å². The Morgan fingerprint density at radius 1 is 1.12 bits per heavy atom.